The molecule has 0 radical (unpaired) electrons. The monoisotopic (exact) mass is 506 g/mol. The molecular formula is C24H25F3N4O3S. The molecule has 0 bridgehead atoms. The molecule has 3 aromatic heterocycles. The number of hydrogen-bond donors (Lipinski definition) is 1. The Bertz CT molecular complexity index is 1310. The third-order valence-electron chi connectivity index (χ3n) is 7.16. The van der Waals surface area contributed by atoms with Gasteiger partial charge in [-0.15, -0.1) is 11.3 Å². The van der Waals surface area contributed by atoms with Gasteiger partial charge in [-0.1, -0.05) is 0 Å². The molecule has 1 saturated carbocycles. The van der Waals surface area contributed by atoms with Crippen molar-refractivity contribution in [1.29, 1.82) is 0 Å². The molecule has 0 atom stereocenters. The van der Waals surface area contributed by atoms with Crippen molar-refractivity contribution in [3.63, 3.8) is 0 Å². The Morgan fingerprint density at radius 3 is 2.71 bits per heavy atom. The van der Waals surface area contributed by atoms with Gasteiger partial charge in [0.2, 0.25) is 5.91 Å². The van der Waals surface area contributed by atoms with Gasteiger partial charge >= 0.3 is 12.1 Å². The molecule has 5 rings (SSSR count). The maximum Gasteiger partial charge on any atom is 0.443 e. The van der Waals surface area contributed by atoms with E-state index in [1.54, 1.807) is 18.0 Å². The lowest BCUT2D eigenvalue weighted by molar-refractivity contribution is -0.144. The van der Waals surface area contributed by atoms with Crippen LogP contribution in [0.3, 0.4) is 0 Å². The number of fused-ring (bicyclic) bond motifs is 3. The fourth-order valence-corrected chi connectivity index (χ4v) is 5.86. The van der Waals surface area contributed by atoms with Crippen LogP contribution in [0.5, 0.6) is 0 Å². The number of alkyl halides is 3. The van der Waals surface area contributed by atoms with Crippen LogP contribution in [0.2, 0.25) is 0 Å². The Balaban J connectivity index is 1.38. The molecule has 186 valence electrons. The van der Waals surface area contributed by atoms with Gasteiger partial charge in [-0.2, -0.15) is 13.2 Å². The van der Waals surface area contributed by atoms with E-state index >= 15 is 0 Å². The smallest absolute Gasteiger partial charge is 0.443 e. The van der Waals surface area contributed by atoms with Gasteiger partial charge < -0.3 is 14.6 Å². The molecule has 4 heterocycles. The van der Waals surface area contributed by atoms with Crippen LogP contribution < -0.4 is 0 Å². The van der Waals surface area contributed by atoms with Gasteiger partial charge in [0.05, 0.1) is 24.2 Å². The lowest BCUT2D eigenvalue weighted by atomic mass is 9.98. The number of amides is 1. The van der Waals surface area contributed by atoms with Crippen molar-refractivity contribution in [2.45, 2.75) is 64.7 Å². The fraction of sp³-hybridized carbons (Fsp3) is 0.500. The maximum absolute atomic E-state index is 13.2. The summed E-state index contributed by atoms with van der Waals surface area (Å²) in [6, 6.07) is 3.79. The van der Waals surface area contributed by atoms with E-state index in [9.17, 15) is 27.9 Å². The Hall–Kier alpha value is -2.95. The summed E-state index contributed by atoms with van der Waals surface area (Å²) in [5.74, 6) is -0.813. The number of hydrogen-bond acceptors (Lipinski definition) is 5. The number of aromatic nitrogens is 3. The second-order valence-corrected chi connectivity index (χ2v) is 10.5. The summed E-state index contributed by atoms with van der Waals surface area (Å²) in [7, 11) is 0. The van der Waals surface area contributed by atoms with Crippen molar-refractivity contribution in [3.05, 3.63) is 45.2 Å². The summed E-state index contributed by atoms with van der Waals surface area (Å²) in [6.45, 7) is 2.66. The Kier molecular flexibility index (Phi) is 5.85. The van der Waals surface area contributed by atoms with Crippen LogP contribution in [0.15, 0.2) is 18.3 Å². The summed E-state index contributed by atoms with van der Waals surface area (Å²) in [6.07, 6.45) is 0.448. The zero-order valence-corrected chi connectivity index (χ0v) is 20.0. The summed E-state index contributed by atoms with van der Waals surface area (Å²) < 4.78 is 41.5. The van der Waals surface area contributed by atoms with Gasteiger partial charge in [0.1, 0.15) is 5.65 Å². The van der Waals surface area contributed by atoms with Crippen LogP contribution >= 0.6 is 11.3 Å². The molecule has 1 aliphatic heterocycles. The average molecular weight is 507 g/mol. The molecule has 11 heteroatoms. The minimum Gasteiger partial charge on any atom is -0.481 e. The number of carbonyl (C=O) groups excluding carboxylic acids is 1. The standard InChI is InChI=1S/C24H25F3N4O3S/c1-14-18(35-21(29-14)24(25,26)27)13-31-17-12-30(11-6-15(17)16-4-3-10-28-20(16)31)19(32)5-2-7-23(8-9-23)22(33)34/h3-4,10H,2,5-9,11-13H2,1H3,(H,33,34). The van der Waals surface area contributed by atoms with Crippen LogP contribution in [0, 0.1) is 12.3 Å². The van der Waals surface area contributed by atoms with Gasteiger partial charge in [-0.05, 0) is 56.7 Å². The lowest BCUT2D eigenvalue weighted by Crippen LogP contribution is -2.36. The summed E-state index contributed by atoms with van der Waals surface area (Å²) in [5.41, 5.74) is 2.33. The summed E-state index contributed by atoms with van der Waals surface area (Å²) in [4.78, 5) is 34.8. The molecule has 3 aromatic rings. The molecule has 1 aliphatic carbocycles. The van der Waals surface area contributed by atoms with Crippen molar-refractivity contribution in [2.24, 2.45) is 5.41 Å². The van der Waals surface area contributed by atoms with Crippen molar-refractivity contribution in [1.82, 2.24) is 19.4 Å². The zero-order valence-electron chi connectivity index (χ0n) is 19.2. The normalized spacial score (nSPS) is 17.0. The van der Waals surface area contributed by atoms with E-state index in [1.165, 1.54) is 0 Å². The molecule has 0 aromatic carbocycles. The molecule has 35 heavy (non-hydrogen) atoms. The van der Waals surface area contributed by atoms with Crippen LogP contribution in [-0.2, 0) is 35.3 Å². The number of pyridine rings is 1. The SMILES string of the molecule is Cc1nc(C(F)(F)F)sc1Cn1c2c(c3cccnc31)CCN(C(=O)CCCC1(C(=O)O)CC1)C2. The highest BCUT2D eigenvalue weighted by molar-refractivity contribution is 7.11. The molecule has 1 fully saturated rings. The fourth-order valence-electron chi connectivity index (χ4n) is 4.94. The number of halogens is 3. The van der Waals surface area contributed by atoms with Crippen LogP contribution in [0.1, 0.15) is 58.9 Å². The molecular weight excluding hydrogens is 481 g/mol. The maximum atomic E-state index is 13.2. The van der Waals surface area contributed by atoms with Crippen molar-refractivity contribution in [3.8, 4) is 0 Å². The van der Waals surface area contributed by atoms with E-state index in [0.717, 1.165) is 16.6 Å². The predicted octanol–water partition coefficient (Wildman–Crippen LogP) is 4.79. The first-order valence-corrected chi connectivity index (χ1v) is 12.4. The average Bonchev–Trinajstić information content (AvgIpc) is 3.43. The van der Waals surface area contributed by atoms with Crippen LogP contribution in [0.4, 0.5) is 13.2 Å². The Labute approximate surface area is 203 Å². The number of carboxylic acid groups (broad SMARTS) is 1. The molecule has 2 aliphatic rings. The number of rotatable bonds is 7. The number of aliphatic carboxylic acids is 1. The number of nitrogens with zero attached hydrogens (tertiary/aromatic N) is 4. The van der Waals surface area contributed by atoms with Crippen molar-refractivity contribution in [2.75, 3.05) is 6.54 Å². The largest absolute Gasteiger partial charge is 0.481 e. The summed E-state index contributed by atoms with van der Waals surface area (Å²) >= 11 is 0.639. The molecule has 1 amide bonds. The highest BCUT2D eigenvalue weighted by atomic mass is 32.1. The first-order chi connectivity index (χ1) is 16.6. The second-order valence-electron chi connectivity index (χ2n) is 9.42. The summed E-state index contributed by atoms with van der Waals surface area (Å²) in [5, 5.41) is 9.43. The number of carboxylic acids is 1. The van der Waals surface area contributed by atoms with E-state index in [-0.39, 0.29) is 18.9 Å². The molecule has 0 unspecified atom stereocenters. The highest BCUT2D eigenvalue weighted by Gasteiger charge is 2.49. The van der Waals surface area contributed by atoms with Crippen molar-refractivity contribution >= 4 is 34.2 Å². The van der Waals surface area contributed by atoms with E-state index in [4.69, 9.17) is 0 Å². The van der Waals surface area contributed by atoms with E-state index < -0.39 is 22.6 Å². The first kappa shape index (κ1) is 23.8. The Morgan fingerprint density at radius 1 is 1.29 bits per heavy atom. The molecule has 0 spiro atoms. The van der Waals surface area contributed by atoms with Gasteiger partial charge in [0.15, 0.2) is 5.01 Å². The van der Waals surface area contributed by atoms with Gasteiger partial charge in [-0.3, -0.25) is 9.59 Å². The number of thiazole rings is 1. The van der Waals surface area contributed by atoms with Crippen LogP contribution in [0.25, 0.3) is 11.0 Å². The van der Waals surface area contributed by atoms with Crippen LogP contribution in [-0.4, -0.2) is 43.0 Å². The minimum absolute atomic E-state index is 0.0325. The highest BCUT2D eigenvalue weighted by Crippen LogP contribution is 2.50. The minimum atomic E-state index is -4.49. The lowest BCUT2D eigenvalue weighted by Gasteiger charge is -2.29. The van der Waals surface area contributed by atoms with E-state index in [2.05, 4.69) is 9.97 Å². The Morgan fingerprint density at radius 2 is 2.06 bits per heavy atom. The van der Waals surface area contributed by atoms with Crippen molar-refractivity contribution < 1.29 is 27.9 Å². The van der Waals surface area contributed by atoms with E-state index in [1.807, 2.05) is 16.7 Å². The zero-order chi connectivity index (χ0) is 25.0. The van der Waals surface area contributed by atoms with Gasteiger partial charge in [0.25, 0.3) is 0 Å². The quantitative estimate of drug-likeness (QED) is 0.498. The third-order valence-corrected chi connectivity index (χ3v) is 8.34. The number of carbonyl (C=O) groups is 2. The molecule has 7 nitrogen and oxygen atoms in total. The molecule has 0 saturated heterocycles. The third kappa shape index (κ3) is 4.41. The van der Waals surface area contributed by atoms with Gasteiger partial charge in [-0.25, -0.2) is 9.97 Å². The first-order valence-electron chi connectivity index (χ1n) is 11.6. The van der Waals surface area contributed by atoms with E-state index in [0.29, 0.717) is 72.7 Å². The number of aryl methyl sites for hydroxylation is 1. The second kappa shape index (κ2) is 8.61. The molecule has 1 N–H and O–H groups in total. The van der Waals surface area contributed by atoms with Gasteiger partial charge in [0, 0.05) is 35.1 Å². The topological polar surface area (TPSA) is 88.3 Å². The predicted molar refractivity (Wildman–Crippen MR) is 123 cm³/mol.